The van der Waals surface area contributed by atoms with E-state index in [-0.39, 0.29) is 23.6 Å². The fourth-order valence-corrected chi connectivity index (χ4v) is 4.02. The molecule has 1 heterocycles. The third-order valence-electron chi connectivity index (χ3n) is 5.47. The van der Waals surface area contributed by atoms with E-state index in [4.69, 9.17) is 14.2 Å². The lowest BCUT2D eigenvalue weighted by molar-refractivity contribution is -0.140. The molecule has 34 heavy (non-hydrogen) atoms. The number of aryl methyl sites for hydroxylation is 1. The number of carbonyl (C=O) groups excluding carboxylic acids is 3. The zero-order valence-corrected chi connectivity index (χ0v) is 19.8. The number of hydrogen-bond acceptors (Lipinski definition) is 7. The Morgan fingerprint density at radius 3 is 2.56 bits per heavy atom. The van der Waals surface area contributed by atoms with E-state index in [0.29, 0.717) is 36.5 Å². The molecule has 0 spiro atoms. The number of nitrogens with zero attached hydrogens (tertiary/aromatic N) is 1. The Labute approximate surface area is 198 Å². The molecule has 1 fully saturated rings. The summed E-state index contributed by atoms with van der Waals surface area (Å²) in [5, 5.41) is 11.2. The molecule has 1 amide bonds. The lowest BCUT2D eigenvalue weighted by atomic mass is 9.94. The molecule has 8 heteroatoms. The van der Waals surface area contributed by atoms with Crippen LogP contribution in [-0.4, -0.2) is 54.5 Å². The zero-order chi connectivity index (χ0) is 24.8. The van der Waals surface area contributed by atoms with E-state index in [1.807, 2.05) is 13.8 Å². The van der Waals surface area contributed by atoms with Crippen molar-refractivity contribution < 1.29 is 33.7 Å². The minimum absolute atomic E-state index is 0.0223. The van der Waals surface area contributed by atoms with Gasteiger partial charge in [-0.25, -0.2) is 0 Å². The Hall–Kier alpha value is -3.65. The summed E-state index contributed by atoms with van der Waals surface area (Å²) in [5.41, 5.74) is 1.70. The van der Waals surface area contributed by atoms with Crippen molar-refractivity contribution in [1.29, 1.82) is 0 Å². The maximum atomic E-state index is 13.1. The van der Waals surface area contributed by atoms with Gasteiger partial charge in [-0.15, -0.1) is 0 Å². The van der Waals surface area contributed by atoms with Crippen LogP contribution in [0, 0.1) is 6.92 Å². The molecular formula is C26H29NO7. The van der Waals surface area contributed by atoms with Gasteiger partial charge in [0.2, 0.25) is 0 Å². The number of likely N-dealkylation sites (tertiary alicyclic amines) is 1. The van der Waals surface area contributed by atoms with Gasteiger partial charge in [-0.2, -0.15) is 0 Å². The number of aliphatic hydroxyl groups is 1. The summed E-state index contributed by atoms with van der Waals surface area (Å²) in [6.07, 6.45) is 0.506. The van der Waals surface area contributed by atoms with E-state index in [1.54, 1.807) is 49.6 Å². The van der Waals surface area contributed by atoms with Gasteiger partial charge < -0.3 is 24.2 Å². The first-order chi connectivity index (χ1) is 16.3. The van der Waals surface area contributed by atoms with Crippen molar-refractivity contribution in [3.63, 3.8) is 0 Å². The molecule has 3 rings (SSSR count). The second-order valence-electron chi connectivity index (χ2n) is 7.92. The van der Waals surface area contributed by atoms with Crippen molar-refractivity contribution in [3.8, 4) is 11.5 Å². The summed E-state index contributed by atoms with van der Waals surface area (Å²) in [6, 6.07) is 10.8. The highest BCUT2D eigenvalue weighted by molar-refractivity contribution is 6.46. The second-order valence-corrected chi connectivity index (χ2v) is 7.92. The van der Waals surface area contributed by atoms with Gasteiger partial charge in [0.15, 0.2) is 0 Å². The Balaban J connectivity index is 2.13. The molecule has 1 saturated heterocycles. The first-order valence-electron chi connectivity index (χ1n) is 11.1. The number of ether oxygens (including phenoxy) is 3. The van der Waals surface area contributed by atoms with Gasteiger partial charge in [0.05, 0.1) is 18.2 Å². The number of benzene rings is 2. The summed E-state index contributed by atoms with van der Waals surface area (Å²) in [4.78, 5) is 39.0. The Kier molecular flexibility index (Phi) is 8.07. The van der Waals surface area contributed by atoms with Crippen LogP contribution >= 0.6 is 0 Å². The van der Waals surface area contributed by atoms with Crippen LogP contribution in [0.1, 0.15) is 43.0 Å². The second kappa shape index (κ2) is 11.0. The molecule has 1 N–H and O–H groups in total. The highest BCUT2D eigenvalue weighted by Crippen LogP contribution is 2.40. The molecule has 0 aliphatic carbocycles. The molecule has 1 aliphatic rings. The van der Waals surface area contributed by atoms with E-state index in [1.165, 1.54) is 11.8 Å². The minimum Gasteiger partial charge on any atom is -0.507 e. The van der Waals surface area contributed by atoms with E-state index in [9.17, 15) is 19.5 Å². The van der Waals surface area contributed by atoms with Crippen LogP contribution in [0.2, 0.25) is 0 Å². The molecule has 0 saturated carbocycles. The molecule has 1 aliphatic heterocycles. The van der Waals surface area contributed by atoms with Crippen LogP contribution in [0.5, 0.6) is 11.5 Å². The molecule has 2 aromatic rings. The number of carbonyl (C=O) groups is 3. The van der Waals surface area contributed by atoms with E-state index < -0.39 is 23.7 Å². The summed E-state index contributed by atoms with van der Waals surface area (Å²) in [7, 11) is 1.56. The first kappa shape index (κ1) is 25.0. The van der Waals surface area contributed by atoms with Gasteiger partial charge >= 0.3 is 5.97 Å². The maximum absolute atomic E-state index is 13.1. The Morgan fingerprint density at radius 1 is 1.15 bits per heavy atom. The molecule has 0 radical (unpaired) electrons. The monoisotopic (exact) mass is 467 g/mol. The fraction of sp³-hybridized carbons (Fsp3) is 0.346. The SMILES string of the molecule is CCOc1ccc(/C(O)=C2\C(=O)C(=O)N(CCCOC)C2c2cccc(OC(C)=O)c2)cc1C. The van der Waals surface area contributed by atoms with E-state index >= 15 is 0 Å². The van der Waals surface area contributed by atoms with Crippen LogP contribution in [0.4, 0.5) is 0 Å². The number of esters is 1. The summed E-state index contributed by atoms with van der Waals surface area (Å²) in [6.45, 7) is 6.16. The van der Waals surface area contributed by atoms with Crippen LogP contribution < -0.4 is 9.47 Å². The highest BCUT2D eigenvalue weighted by atomic mass is 16.5. The molecular weight excluding hydrogens is 438 g/mol. The van der Waals surface area contributed by atoms with E-state index in [0.717, 1.165) is 5.56 Å². The van der Waals surface area contributed by atoms with E-state index in [2.05, 4.69) is 0 Å². The third-order valence-corrected chi connectivity index (χ3v) is 5.47. The van der Waals surface area contributed by atoms with Gasteiger partial charge in [-0.05, 0) is 61.7 Å². The van der Waals surface area contributed by atoms with Crippen LogP contribution in [0.25, 0.3) is 5.76 Å². The molecule has 0 bridgehead atoms. The number of aliphatic hydroxyl groups excluding tert-OH is 1. The zero-order valence-electron chi connectivity index (χ0n) is 19.8. The van der Waals surface area contributed by atoms with Gasteiger partial charge in [0.1, 0.15) is 17.3 Å². The molecule has 8 nitrogen and oxygen atoms in total. The van der Waals surface area contributed by atoms with Crippen molar-refractivity contribution in [2.75, 3.05) is 26.9 Å². The van der Waals surface area contributed by atoms with Crippen molar-refractivity contribution in [1.82, 2.24) is 4.90 Å². The average molecular weight is 468 g/mol. The van der Waals surface area contributed by atoms with Gasteiger partial charge in [-0.1, -0.05) is 12.1 Å². The van der Waals surface area contributed by atoms with Crippen molar-refractivity contribution in [2.24, 2.45) is 0 Å². The van der Waals surface area contributed by atoms with Gasteiger partial charge in [0.25, 0.3) is 11.7 Å². The van der Waals surface area contributed by atoms with Crippen molar-refractivity contribution in [2.45, 2.75) is 33.2 Å². The average Bonchev–Trinajstić information content (AvgIpc) is 3.05. The normalized spacial score (nSPS) is 17.2. The number of hydrogen-bond donors (Lipinski definition) is 1. The van der Waals surface area contributed by atoms with Crippen LogP contribution in [0.15, 0.2) is 48.0 Å². The number of ketones is 1. The van der Waals surface area contributed by atoms with Crippen molar-refractivity contribution >= 4 is 23.4 Å². The predicted molar refractivity (Wildman–Crippen MR) is 126 cm³/mol. The quantitative estimate of drug-likeness (QED) is 0.150. The number of Topliss-reactive ketones (excluding diaryl/α,β-unsaturated/α-hetero) is 1. The highest BCUT2D eigenvalue weighted by Gasteiger charge is 2.46. The summed E-state index contributed by atoms with van der Waals surface area (Å²) < 4.78 is 15.9. The molecule has 2 aromatic carbocycles. The summed E-state index contributed by atoms with van der Waals surface area (Å²) >= 11 is 0. The largest absolute Gasteiger partial charge is 0.507 e. The molecule has 0 aromatic heterocycles. The summed E-state index contributed by atoms with van der Waals surface area (Å²) in [5.74, 6) is -1.29. The minimum atomic E-state index is -0.848. The van der Waals surface area contributed by atoms with Gasteiger partial charge in [-0.3, -0.25) is 14.4 Å². The molecule has 180 valence electrons. The van der Waals surface area contributed by atoms with Gasteiger partial charge in [0, 0.05) is 32.7 Å². The fourth-order valence-electron chi connectivity index (χ4n) is 4.02. The predicted octanol–water partition coefficient (Wildman–Crippen LogP) is 3.78. The number of methoxy groups -OCH3 is 1. The molecule has 1 unspecified atom stereocenters. The Bertz CT molecular complexity index is 1120. The number of rotatable bonds is 9. The lowest BCUT2D eigenvalue weighted by Crippen LogP contribution is -2.31. The lowest BCUT2D eigenvalue weighted by Gasteiger charge is -2.25. The third kappa shape index (κ3) is 5.28. The number of amides is 1. The first-order valence-corrected chi connectivity index (χ1v) is 11.1. The van der Waals surface area contributed by atoms with Crippen LogP contribution in [-0.2, 0) is 19.1 Å². The maximum Gasteiger partial charge on any atom is 0.308 e. The Morgan fingerprint density at radius 2 is 1.91 bits per heavy atom. The smallest absolute Gasteiger partial charge is 0.308 e. The standard InChI is InChI=1S/C26H29NO7/c1-5-33-21-11-10-19(14-16(21)2)24(29)22-23(18-8-6-9-20(15-18)34-17(3)28)27(12-7-13-32-4)26(31)25(22)30/h6,8-11,14-15,23,29H,5,7,12-13H2,1-4H3/b24-22+. The van der Waals surface area contributed by atoms with Crippen LogP contribution in [0.3, 0.4) is 0 Å². The molecule has 1 atom stereocenters. The topological polar surface area (TPSA) is 102 Å². The van der Waals surface area contributed by atoms with Crippen molar-refractivity contribution in [3.05, 3.63) is 64.7 Å².